The van der Waals surface area contributed by atoms with Gasteiger partial charge in [-0.1, -0.05) is 6.90 Å². The molecule has 13 heavy (non-hydrogen) atoms. The van der Waals surface area contributed by atoms with Gasteiger partial charge in [0.1, 0.15) is 6.10 Å². The molecule has 0 amide bonds. The number of hydrogen-bond acceptors (Lipinski definition) is 3. The van der Waals surface area contributed by atoms with Crippen LogP contribution in [0.15, 0.2) is 0 Å². The molecule has 0 bridgehead atoms. The van der Waals surface area contributed by atoms with E-state index in [1.54, 1.807) is 0 Å². The molecule has 5 atom stereocenters. The van der Waals surface area contributed by atoms with E-state index in [4.69, 9.17) is 10.8 Å². The second kappa shape index (κ2) is 1.95. The minimum Gasteiger partial charge on any atom is -0.390 e. The zero-order valence-electron chi connectivity index (χ0n) is 8.99. The van der Waals surface area contributed by atoms with Crippen LogP contribution in [0.2, 0.25) is 0 Å². The molecule has 1 N–H and O–H groups in total. The van der Waals surface area contributed by atoms with Crippen LogP contribution in [-0.2, 0) is 9.47 Å². The van der Waals surface area contributed by atoms with Crippen molar-refractivity contribution in [3.8, 4) is 0 Å². The smallest absolute Gasteiger partial charge is 0.163 e. The lowest BCUT2D eigenvalue weighted by molar-refractivity contribution is -0.166. The van der Waals surface area contributed by atoms with Gasteiger partial charge >= 0.3 is 0 Å². The molecular weight excluding hydrogens is 168 g/mol. The van der Waals surface area contributed by atoms with E-state index in [-0.39, 0.29) is 23.5 Å². The largest absolute Gasteiger partial charge is 0.390 e. The molecule has 0 spiro atoms. The zero-order valence-corrected chi connectivity index (χ0v) is 7.99. The molecule has 3 aliphatic rings. The summed E-state index contributed by atoms with van der Waals surface area (Å²) in [4.78, 5) is 0. The standard InChI is InChI=1S/C10H16O3/c1-9(2)12-7-6(11)5-4-10(5,3)8(7)13-9/h5-8,11H,4H2,1-3H3/t5-,6?,7-,8?,10-/m1/s1/i3T. The summed E-state index contributed by atoms with van der Waals surface area (Å²) < 4.78 is 19.0. The van der Waals surface area contributed by atoms with Crippen LogP contribution in [0.5, 0.6) is 0 Å². The van der Waals surface area contributed by atoms with Crippen LogP contribution in [0.25, 0.3) is 0 Å². The van der Waals surface area contributed by atoms with Crippen molar-refractivity contribution in [3.05, 3.63) is 0 Å². The molecule has 74 valence electrons. The number of ether oxygens (including phenoxy) is 2. The minimum atomic E-state index is -0.591. The van der Waals surface area contributed by atoms with Crippen molar-refractivity contribution in [3.63, 3.8) is 0 Å². The first-order chi connectivity index (χ1) is 6.50. The van der Waals surface area contributed by atoms with E-state index in [2.05, 4.69) is 0 Å². The SMILES string of the molecule is [3H]C[C@@]12C[C@@H]1C(O)[C@H]1OC(C)(C)OC12. The molecule has 2 unspecified atom stereocenters. The predicted octanol–water partition coefficient (Wildman–Crippen LogP) is 0.907. The molecule has 1 heterocycles. The van der Waals surface area contributed by atoms with Crippen molar-refractivity contribution >= 4 is 0 Å². The van der Waals surface area contributed by atoms with E-state index in [1.165, 1.54) is 0 Å². The van der Waals surface area contributed by atoms with Crippen molar-refractivity contribution in [1.82, 2.24) is 0 Å². The topological polar surface area (TPSA) is 38.7 Å². The van der Waals surface area contributed by atoms with E-state index >= 15 is 0 Å². The zero-order chi connectivity index (χ0) is 10.1. The molecule has 0 aromatic rings. The lowest BCUT2D eigenvalue weighted by Crippen LogP contribution is -2.32. The second-order valence-electron chi connectivity index (χ2n) is 5.06. The Bertz CT molecular complexity index is 281. The Kier molecular flexibility index (Phi) is 1.08. The summed E-state index contributed by atoms with van der Waals surface area (Å²) in [6.45, 7) is 4.08. The van der Waals surface area contributed by atoms with Gasteiger partial charge in [-0.2, -0.15) is 0 Å². The quantitative estimate of drug-likeness (QED) is 0.611. The van der Waals surface area contributed by atoms with Gasteiger partial charge in [-0.05, 0) is 26.2 Å². The van der Waals surface area contributed by atoms with Crippen LogP contribution in [0.1, 0.15) is 28.5 Å². The molecule has 3 heteroatoms. The molecule has 3 nitrogen and oxygen atoms in total. The Morgan fingerprint density at radius 3 is 2.92 bits per heavy atom. The summed E-state index contributed by atoms with van der Waals surface area (Å²) in [5.74, 6) is -0.349. The van der Waals surface area contributed by atoms with E-state index in [9.17, 15) is 5.11 Å². The summed E-state index contributed by atoms with van der Waals surface area (Å²) in [5.41, 5.74) is -0.0994. The maximum atomic E-state index is 9.95. The number of fused-ring (bicyclic) bond motifs is 3. The Labute approximate surface area is 79.4 Å². The number of aliphatic hydroxyl groups excluding tert-OH is 1. The van der Waals surface area contributed by atoms with Crippen LogP contribution in [0.4, 0.5) is 0 Å². The first-order valence-corrected chi connectivity index (χ1v) is 4.83. The lowest BCUT2D eigenvalue weighted by Gasteiger charge is -2.20. The molecule has 1 saturated heterocycles. The highest BCUT2D eigenvalue weighted by Gasteiger charge is 2.72. The highest BCUT2D eigenvalue weighted by molar-refractivity contribution is 5.20. The van der Waals surface area contributed by atoms with Gasteiger partial charge in [0.05, 0.1) is 12.2 Å². The first-order valence-electron chi connectivity index (χ1n) is 5.54. The molecule has 0 radical (unpaired) electrons. The molecule has 2 saturated carbocycles. The van der Waals surface area contributed by atoms with Gasteiger partial charge in [0.15, 0.2) is 5.79 Å². The lowest BCUT2D eigenvalue weighted by atomic mass is 10.0. The summed E-state index contributed by atoms with van der Waals surface area (Å²) >= 11 is 0. The highest BCUT2D eigenvalue weighted by atomic mass is 16.8. The summed E-state index contributed by atoms with van der Waals surface area (Å²) in [5, 5.41) is 9.95. The fourth-order valence-electron chi connectivity index (χ4n) is 2.85. The molecule has 1 aliphatic heterocycles. The van der Waals surface area contributed by atoms with Crippen LogP contribution in [0, 0.1) is 11.3 Å². The van der Waals surface area contributed by atoms with Crippen LogP contribution >= 0.6 is 0 Å². The molecule has 0 aromatic carbocycles. The van der Waals surface area contributed by atoms with Gasteiger partial charge in [-0.3, -0.25) is 0 Å². The third-order valence-electron chi connectivity index (χ3n) is 3.62. The molecule has 3 rings (SSSR count). The second-order valence-corrected chi connectivity index (χ2v) is 5.06. The Balaban J connectivity index is 1.91. The molecule has 3 fully saturated rings. The predicted molar refractivity (Wildman–Crippen MR) is 46.0 cm³/mol. The number of aliphatic hydroxyl groups is 1. The van der Waals surface area contributed by atoms with Gasteiger partial charge < -0.3 is 14.6 Å². The van der Waals surface area contributed by atoms with E-state index in [0.29, 0.717) is 6.90 Å². The number of hydrogen-bond donors (Lipinski definition) is 1. The summed E-state index contributed by atoms with van der Waals surface area (Å²) in [6.07, 6.45) is 0.245. The fraction of sp³-hybridized carbons (Fsp3) is 1.00. The van der Waals surface area contributed by atoms with Gasteiger partial charge in [0, 0.05) is 6.79 Å². The maximum absolute atomic E-state index is 9.95. The highest BCUT2D eigenvalue weighted by Crippen LogP contribution is 2.67. The monoisotopic (exact) mass is 186 g/mol. The Hall–Kier alpha value is -0.120. The Morgan fingerprint density at radius 1 is 1.46 bits per heavy atom. The average Bonchev–Trinajstić information content (AvgIpc) is 2.71. The van der Waals surface area contributed by atoms with Crippen LogP contribution in [-0.4, -0.2) is 29.2 Å². The van der Waals surface area contributed by atoms with Crippen molar-refractivity contribution in [1.29, 1.82) is 0 Å². The van der Waals surface area contributed by atoms with Gasteiger partial charge in [0.25, 0.3) is 0 Å². The van der Waals surface area contributed by atoms with Gasteiger partial charge in [0.2, 0.25) is 0 Å². The van der Waals surface area contributed by atoms with Crippen molar-refractivity contribution in [2.45, 2.75) is 51.3 Å². The maximum Gasteiger partial charge on any atom is 0.163 e. The summed E-state index contributed by atoms with van der Waals surface area (Å²) in [7, 11) is 0. The third-order valence-corrected chi connectivity index (χ3v) is 3.62. The average molecular weight is 186 g/mol. The van der Waals surface area contributed by atoms with Crippen molar-refractivity contribution in [2.24, 2.45) is 11.3 Å². The van der Waals surface area contributed by atoms with E-state index < -0.39 is 11.9 Å². The van der Waals surface area contributed by atoms with Crippen LogP contribution < -0.4 is 0 Å². The van der Waals surface area contributed by atoms with Crippen LogP contribution in [0.3, 0.4) is 0 Å². The molecule has 0 aromatic heterocycles. The first kappa shape index (κ1) is 7.21. The van der Waals surface area contributed by atoms with Gasteiger partial charge in [-0.25, -0.2) is 0 Å². The number of rotatable bonds is 0. The van der Waals surface area contributed by atoms with E-state index in [1.807, 2.05) is 13.8 Å². The van der Waals surface area contributed by atoms with E-state index in [0.717, 1.165) is 6.42 Å². The third kappa shape index (κ3) is 0.853. The minimum absolute atomic E-state index is 0.0602. The molecular formula is C10H16O3. The van der Waals surface area contributed by atoms with Gasteiger partial charge in [-0.15, -0.1) is 0 Å². The fourth-order valence-corrected chi connectivity index (χ4v) is 2.85. The Morgan fingerprint density at radius 2 is 2.23 bits per heavy atom. The van der Waals surface area contributed by atoms with Crippen molar-refractivity contribution in [2.75, 3.05) is 0 Å². The normalized spacial score (nSPS) is 62.8. The van der Waals surface area contributed by atoms with Crippen molar-refractivity contribution < 1.29 is 16.0 Å². The summed E-state index contributed by atoms with van der Waals surface area (Å²) in [6, 6.07) is 0. The molecule has 2 aliphatic carbocycles.